The monoisotopic (exact) mass is 191 g/mol. The van der Waals surface area contributed by atoms with Crippen LogP contribution in [0.2, 0.25) is 0 Å². The summed E-state index contributed by atoms with van der Waals surface area (Å²) >= 11 is 0. The van der Waals surface area contributed by atoms with Gasteiger partial charge in [-0.3, -0.25) is 0 Å². The van der Waals surface area contributed by atoms with E-state index >= 15 is 0 Å². The van der Waals surface area contributed by atoms with Crippen LogP contribution in [0.3, 0.4) is 0 Å². The van der Waals surface area contributed by atoms with Crippen LogP contribution in [0.4, 0.5) is 0 Å². The van der Waals surface area contributed by atoms with Gasteiger partial charge in [0.1, 0.15) is 12.6 Å². The lowest BCUT2D eigenvalue weighted by atomic mass is 10.2. The van der Waals surface area contributed by atoms with Gasteiger partial charge in [-0.2, -0.15) is 0 Å². The van der Waals surface area contributed by atoms with Gasteiger partial charge in [0, 0.05) is 12.7 Å². The van der Waals surface area contributed by atoms with E-state index in [0.717, 1.165) is 11.5 Å². The topological polar surface area (TPSA) is 30.8 Å². The van der Waals surface area contributed by atoms with Gasteiger partial charge >= 0.3 is 0 Å². The highest BCUT2D eigenvalue weighted by Crippen LogP contribution is 2.11. The summed E-state index contributed by atoms with van der Waals surface area (Å²) in [6, 6.07) is 10.1. The zero-order chi connectivity index (χ0) is 9.80. The van der Waals surface area contributed by atoms with Gasteiger partial charge in [-0.05, 0) is 12.1 Å². The van der Waals surface area contributed by atoms with Gasteiger partial charge in [0.25, 0.3) is 0 Å². The molecule has 14 heavy (non-hydrogen) atoms. The van der Waals surface area contributed by atoms with Crippen molar-refractivity contribution in [3.05, 3.63) is 35.9 Å². The van der Waals surface area contributed by atoms with Gasteiger partial charge in [0.2, 0.25) is 5.90 Å². The Labute approximate surface area is 83.4 Å². The Bertz CT molecular complexity index is 321. The fraction of sp³-hybridized carbons (Fsp3) is 0.364. The maximum absolute atomic E-state index is 5.47. The molecule has 0 aromatic heterocycles. The summed E-state index contributed by atoms with van der Waals surface area (Å²) in [6.45, 7) is 1.24. The second-order valence-electron chi connectivity index (χ2n) is 3.22. The first kappa shape index (κ1) is 9.21. The highest BCUT2D eigenvalue weighted by atomic mass is 16.5. The summed E-state index contributed by atoms with van der Waals surface area (Å²) in [5, 5.41) is 0. The molecule has 0 N–H and O–H groups in total. The molecule has 3 heteroatoms. The minimum atomic E-state index is 0.148. The Hall–Kier alpha value is -1.35. The second kappa shape index (κ2) is 4.24. The highest BCUT2D eigenvalue weighted by Gasteiger charge is 2.19. The highest BCUT2D eigenvalue weighted by molar-refractivity contribution is 5.95. The third-order valence-electron chi connectivity index (χ3n) is 2.09. The molecule has 74 valence electrons. The molecule has 0 saturated carbocycles. The quantitative estimate of drug-likeness (QED) is 0.724. The lowest BCUT2D eigenvalue weighted by Gasteiger charge is -2.00. The lowest BCUT2D eigenvalue weighted by molar-refractivity contribution is 0.165. The third-order valence-corrected chi connectivity index (χ3v) is 2.09. The molecule has 2 rings (SSSR count). The predicted molar refractivity (Wildman–Crippen MR) is 54.6 cm³/mol. The van der Waals surface area contributed by atoms with Crippen LogP contribution in [0.5, 0.6) is 0 Å². The van der Waals surface area contributed by atoms with E-state index in [1.54, 1.807) is 7.11 Å². The van der Waals surface area contributed by atoms with Crippen molar-refractivity contribution in [1.82, 2.24) is 0 Å². The van der Waals surface area contributed by atoms with E-state index in [0.29, 0.717) is 13.2 Å². The summed E-state index contributed by atoms with van der Waals surface area (Å²) in [6.07, 6.45) is 0. The van der Waals surface area contributed by atoms with Crippen molar-refractivity contribution in [2.45, 2.75) is 6.04 Å². The molecule has 0 bridgehead atoms. The van der Waals surface area contributed by atoms with Crippen LogP contribution in [0.15, 0.2) is 35.3 Å². The van der Waals surface area contributed by atoms with Gasteiger partial charge in [-0.15, -0.1) is 0 Å². The Balaban J connectivity index is 2.10. The van der Waals surface area contributed by atoms with Crippen LogP contribution in [0, 0.1) is 0 Å². The Morgan fingerprint density at radius 3 is 2.93 bits per heavy atom. The molecule has 1 aromatic rings. The predicted octanol–water partition coefficient (Wildman–Crippen LogP) is 1.48. The number of methoxy groups -OCH3 is 1. The van der Waals surface area contributed by atoms with Crippen molar-refractivity contribution < 1.29 is 9.47 Å². The number of nitrogens with zero attached hydrogens (tertiary/aromatic N) is 1. The van der Waals surface area contributed by atoms with Gasteiger partial charge in [-0.1, -0.05) is 18.2 Å². The maximum Gasteiger partial charge on any atom is 0.216 e. The number of benzene rings is 1. The Kier molecular flexibility index (Phi) is 2.79. The summed E-state index contributed by atoms with van der Waals surface area (Å²) in [5.74, 6) is 0.729. The number of hydrogen-bond donors (Lipinski definition) is 0. The first-order valence-corrected chi connectivity index (χ1v) is 4.65. The molecule has 0 saturated heterocycles. The SMILES string of the molecule is COC[C@@H]1COC(c2ccccc2)=N1. The second-order valence-corrected chi connectivity index (χ2v) is 3.22. The number of rotatable bonds is 3. The Morgan fingerprint density at radius 2 is 2.21 bits per heavy atom. The molecule has 0 spiro atoms. The van der Waals surface area contributed by atoms with E-state index in [1.165, 1.54) is 0 Å². The summed E-state index contributed by atoms with van der Waals surface area (Å²) in [5.41, 5.74) is 1.03. The van der Waals surface area contributed by atoms with Crippen LogP contribution < -0.4 is 0 Å². The first-order chi connectivity index (χ1) is 6.90. The molecule has 0 amide bonds. The molecule has 1 aliphatic rings. The van der Waals surface area contributed by atoms with Crippen molar-refractivity contribution in [3.8, 4) is 0 Å². The molecule has 0 aliphatic carbocycles. The molecule has 3 nitrogen and oxygen atoms in total. The Morgan fingerprint density at radius 1 is 1.43 bits per heavy atom. The van der Waals surface area contributed by atoms with E-state index in [2.05, 4.69) is 4.99 Å². The number of ether oxygens (including phenoxy) is 2. The number of aliphatic imine (C=N–C) groups is 1. The summed E-state index contributed by atoms with van der Waals surface area (Å²) in [7, 11) is 1.68. The van der Waals surface area contributed by atoms with Gasteiger partial charge in [0.05, 0.1) is 6.61 Å². The smallest absolute Gasteiger partial charge is 0.216 e. The molecular weight excluding hydrogens is 178 g/mol. The van der Waals surface area contributed by atoms with Crippen molar-refractivity contribution in [2.24, 2.45) is 4.99 Å². The van der Waals surface area contributed by atoms with E-state index in [1.807, 2.05) is 30.3 Å². The molecule has 0 radical (unpaired) electrons. The largest absolute Gasteiger partial charge is 0.475 e. The van der Waals surface area contributed by atoms with Crippen LogP contribution in [0.25, 0.3) is 0 Å². The first-order valence-electron chi connectivity index (χ1n) is 4.65. The average molecular weight is 191 g/mol. The minimum absolute atomic E-state index is 0.148. The summed E-state index contributed by atoms with van der Waals surface area (Å²) in [4.78, 5) is 4.42. The molecular formula is C11H13NO2. The van der Waals surface area contributed by atoms with Crippen LogP contribution in [0.1, 0.15) is 5.56 Å². The fourth-order valence-electron chi connectivity index (χ4n) is 1.43. The molecule has 0 unspecified atom stereocenters. The maximum atomic E-state index is 5.47. The van der Waals surface area contributed by atoms with Crippen molar-refractivity contribution in [2.75, 3.05) is 20.3 Å². The lowest BCUT2D eigenvalue weighted by Crippen LogP contribution is -2.12. The van der Waals surface area contributed by atoms with Gasteiger partial charge in [0.15, 0.2) is 0 Å². The summed E-state index contributed by atoms with van der Waals surface area (Å²) < 4.78 is 10.5. The van der Waals surface area contributed by atoms with Crippen molar-refractivity contribution in [3.63, 3.8) is 0 Å². The van der Waals surface area contributed by atoms with E-state index in [4.69, 9.17) is 9.47 Å². The fourth-order valence-corrected chi connectivity index (χ4v) is 1.43. The van der Waals surface area contributed by atoms with Crippen LogP contribution in [-0.2, 0) is 9.47 Å². The van der Waals surface area contributed by atoms with E-state index in [-0.39, 0.29) is 6.04 Å². The van der Waals surface area contributed by atoms with Crippen molar-refractivity contribution >= 4 is 5.90 Å². The standard InChI is InChI=1S/C11H13NO2/c1-13-7-10-8-14-11(12-10)9-5-3-2-4-6-9/h2-6,10H,7-8H2,1H3/t10-/m1/s1. The molecule has 1 heterocycles. The normalized spacial score (nSPS) is 20.4. The minimum Gasteiger partial charge on any atom is -0.475 e. The molecule has 1 atom stereocenters. The van der Waals surface area contributed by atoms with Gasteiger partial charge in [-0.25, -0.2) is 4.99 Å². The zero-order valence-electron chi connectivity index (χ0n) is 8.14. The van der Waals surface area contributed by atoms with Crippen LogP contribution >= 0.6 is 0 Å². The average Bonchev–Trinajstić information content (AvgIpc) is 2.68. The van der Waals surface area contributed by atoms with Gasteiger partial charge < -0.3 is 9.47 Å². The molecule has 1 aliphatic heterocycles. The molecule has 0 fully saturated rings. The third kappa shape index (κ3) is 1.93. The van der Waals surface area contributed by atoms with E-state index < -0.39 is 0 Å². The molecule has 1 aromatic carbocycles. The number of hydrogen-bond acceptors (Lipinski definition) is 3. The van der Waals surface area contributed by atoms with Crippen LogP contribution in [-0.4, -0.2) is 32.3 Å². The zero-order valence-corrected chi connectivity index (χ0v) is 8.14. The van der Waals surface area contributed by atoms with E-state index in [9.17, 15) is 0 Å². The van der Waals surface area contributed by atoms with Crippen molar-refractivity contribution in [1.29, 1.82) is 0 Å².